The first-order chi connectivity index (χ1) is 25.8. The highest BCUT2D eigenvalue weighted by atomic mass is 16.7. The van der Waals surface area contributed by atoms with Crippen LogP contribution in [0.5, 0.6) is 0 Å². The second-order valence-electron chi connectivity index (χ2n) is 15.1. The van der Waals surface area contributed by atoms with Crippen molar-refractivity contribution in [3.05, 3.63) is 36.5 Å². The molecule has 1 rings (SSSR count). The standard InChI is InChI=1S/C44H81NO8/c1-3-5-7-9-11-13-15-17-18-19-20-22-23-25-27-29-31-33-38(47)37(36-52-44-43(51)42(50)41(49)39(35-46)53-44)45-40(48)34-32-30-28-26-24-21-16-14-12-10-8-6-4-2/h21,23-25,31,33,37-39,41-44,46-47,49-51H,3-20,22,26-30,32,34-36H2,1-2H3,(H,45,48)/b24-21-,25-23+,33-31+. The van der Waals surface area contributed by atoms with Gasteiger partial charge < -0.3 is 40.3 Å². The minimum Gasteiger partial charge on any atom is -0.394 e. The van der Waals surface area contributed by atoms with Crippen LogP contribution in [0.15, 0.2) is 36.5 Å². The Labute approximate surface area is 323 Å². The van der Waals surface area contributed by atoms with Crippen molar-refractivity contribution in [1.82, 2.24) is 5.32 Å². The fourth-order valence-electron chi connectivity index (χ4n) is 6.64. The van der Waals surface area contributed by atoms with Crippen molar-refractivity contribution in [2.75, 3.05) is 13.2 Å². The number of rotatable bonds is 35. The summed E-state index contributed by atoms with van der Waals surface area (Å²) in [6, 6.07) is -0.826. The summed E-state index contributed by atoms with van der Waals surface area (Å²) in [5.74, 6) is -0.205. The maximum absolute atomic E-state index is 12.9. The highest BCUT2D eigenvalue weighted by Gasteiger charge is 2.44. The largest absolute Gasteiger partial charge is 0.394 e. The molecule has 9 heteroatoms. The van der Waals surface area contributed by atoms with Crippen molar-refractivity contribution < 1.29 is 39.8 Å². The summed E-state index contributed by atoms with van der Waals surface area (Å²) in [5.41, 5.74) is 0. The summed E-state index contributed by atoms with van der Waals surface area (Å²) < 4.78 is 11.2. The summed E-state index contributed by atoms with van der Waals surface area (Å²) in [6.45, 7) is 3.72. The predicted molar refractivity (Wildman–Crippen MR) is 216 cm³/mol. The monoisotopic (exact) mass is 752 g/mol. The zero-order chi connectivity index (χ0) is 38.8. The normalized spacial score (nSPS) is 22.0. The van der Waals surface area contributed by atoms with E-state index in [0.717, 1.165) is 51.4 Å². The van der Waals surface area contributed by atoms with Crippen LogP contribution in [-0.4, -0.2) is 87.5 Å². The van der Waals surface area contributed by atoms with E-state index in [9.17, 15) is 30.3 Å². The number of aliphatic hydroxyl groups is 5. The summed E-state index contributed by atoms with van der Waals surface area (Å²) in [5, 5.41) is 54.0. The molecule has 1 amide bonds. The molecule has 0 aliphatic carbocycles. The van der Waals surface area contributed by atoms with Gasteiger partial charge >= 0.3 is 0 Å². The van der Waals surface area contributed by atoms with E-state index in [1.54, 1.807) is 6.08 Å². The third-order valence-corrected chi connectivity index (χ3v) is 10.2. The number of allylic oxidation sites excluding steroid dienone is 5. The van der Waals surface area contributed by atoms with Crippen LogP contribution in [0, 0.1) is 0 Å². The van der Waals surface area contributed by atoms with Gasteiger partial charge in [0.25, 0.3) is 0 Å². The molecule has 0 aromatic carbocycles. The van der Waals surface area contributed by atoms with Gasteiger partial charge in [-0.15, -0.1) is 0 Å². The zero-order valence-corrected chi connectivity index (χ0v) is 33.8. The summed E-state index contributed by atoms with van der Waals surface area (Å²) in [6.07, 6.45) is 34.7. The van der Waals surface area contributed by atoms with Gasteiger partial charge in [0, 0.05) is 6.42 Å². The third-order valence-electron chi connectivity index (χ3n) is 10.2. The average Bonchev–Trinajstić information content (AvgIpc) is 3.16. The molecule has 1 aliphatic rings. The first kappa shape index (κ1) is 49.4. The van der Waals surface area contributed by atoms with Gasteiger partial charge in [0.15, 0.2) is 6.29 Å². The van der Waals surface area contributed by atoms with Crippen LogP contribution in [0.4, 0.5) is 0 Å². The van der Waals surface area contributed by atoms with Crippen molar-refractivity contribution in [2.24, 2.45) is 0 Å². The van der Waals surface area contributed by atoms with E-state index in [2.05, 4.69) is 43.5 Å². The lowest BCUT2D eigenvalue weighted by atomic mass is 9.99. The number of amides is 1. The molecule has 0 spiro atoms. The van der Waals surface area contributed by atoms with Gasteiger partial charge in [-0.2, -0.15) is 0 Å². The van der Waals surface area contributed by atoms with Gasteiger partial charge in [0.1, 0.15) is 24.4 Å². The quantitative estimate of drug-likeness (QED) is 0.0279. The number of aliphatic hydroxyl groups excluding tert-OH is 5. The van der Waals surface area contributed by atoms with Gasteiger partial charge in [0.05, 0.1) is 25.4 Å². The van der Waals surface area contributed by atoms with E-state index in [1.165, 1.54) is 109 Å². The van der Waals surface area contributed by atoms with Gasteiger partial charge in [-0.05, 0) is 57.8 Å². The Bertz CT molecular complexity index is 925. The van der Waals surface area contributed by atoms with E-state index >= 15 is 0 Å². The van der Waals surface area contributed by atoms with Crippen LogP contribution in [0.3, 0.4) is 0 Å². The predicted octanol–water partition coefficient (Wildman–Crippen LogP) is 8.50. The lowest BCUT2D eigenvalue weighted by Crippen LogP contribution is -2.60. The number of ether oxygens (including phenoxy) is 2. The van der Waals surface area contributed by atoms with Crippen LogP contribution in [0.1, 0.15) is 181 Å². The number of hydrogen-bond acceptors (Lipinski definition) is 8. The van der Waals surface area contributed by atoms with Crippen LogP contribution >= 0.6 is 0 Å². The summed E-state index contributed by atoms with van der Waals surface area (Å²) >= 11 is 0. The molecule has 1 fully saturated rings. The molecule has 7 atom stereocenters. The minimum absolute atomic E-state index is 0.205. The molecule has 9 nitrogen and oxygen atoms in total. The molecule has 53 heavy (non-hydrogen) atoms. The first-order valence-electron chi connectivity index (χ1n) is 21.7. The Kier molecular flexibility index (Phi) is 32.5. The lowest BCUT2D eigenvalue weighted by Gasteiger charge is -2.40. The number of nitrogens with one attached hydrogen (secondary N) is 1. The fraction of sp³-hybridized carbons (Fsp3) is 0.841. The van der Waals surface area contributed by atoms with E-state index in [-0.39, 0.29) is 12.5 Å². The Morgan fingerprint density at radius 2 is 1.08 bits per heavy atom. The highest BCUT2D eigenvalue weighted by Crippen LogP contribution is 2.22. The minimum atomic E-state index is -1.57. The maximum atomic E-state index is 12.9. The van der Waals surface area contributed by atoms with Crippen molar-refractivity contribution in [1.29, 1.82) is 0 Å². The zero-order valence-electron chi connectivity index (χ0n) is 33.8. The molecule has 1 aliphatic heterocycles. The van der Waals surface area contributed by atoms with Gasteiger partial charge in [-0.1, -0.05) is 153 Å². The Balaban J connectivity index is 2.43. The summed E-state index contributed by atoms with van der Waals surface area (Å²) in [4.78, 5) is 12.9. The van der Waals surface area contributed by atoms with E-state index in [0.29, 0.717) is 6.42 Å². The molecule has 7 unspecified atom stereocenters. The van der Waals surface area contributed by atoms with Gasteiger partial charge in [-0.3, -0.25) is 4.79 Å². The first-order valence-corrected chi connectivity index (χ1v) is 21.7. The van der Waals surface area contributed by atoms with Crippen LogP contribution in [-0.2, 0) is 14.3 Å². The molecule has 0 aromatic rings. The molecular weight excluding hydrogens is 670 g/mol. The molecule has 0 saturated carbocycles. The maximum Gasteiger partial charge on any atom is 0.220 e. The Morgan fingerprint density at radius 3 is 1.58 bits per heavy atom. The topological polar surface area (TPSA) is 149 Å². The van der Waals surface area contributed by atoms with Crippen molar-refractivity contribution >= 4 is 5.91 Å². The van der Waals surface area contributed by atoms with Crippen molar-refractivity contribution in [2.45, 2.75) is 224 Å². The van der Waals surface area contributed by atoms with E-state index in [4.69, 9.17) is 9.47 Å². The number of hydrogen-bond donors (Lipinski definition) is 6. The van der Waals surface area contributed by atoms with Crippen molar-refractivity contribution in [3.8, 4) is 0 Å². The van der Waals surface area contributed by atoms with Gasteiger partial charge in [0.2, 0.25) is 5.91 Å². The molecule has 0 bridgehead atoms. The Hall–Kier alpha value is -1.59. The Morgan fingerprint density at radius 1 is 0.623 bits per heavy atom. The third kappa shape index (κ3) is 26.0. The summed E-state index contributed by atoms with van der Waals surface area (Å²) in [7, 11) is 0. The molecule has 1 saturated heterocycles. The SMILES string of the molecule is CCCCCCCC/C=C\CCCCCC(=O)NC(COC1OC(CO)C(O)C(O)C1O)C(O)/C=C/CC/C=C/CCCCCCCCCCCCC. The molecule has 1 heterocycles. The molecule has 0 radical (unpaired) electrons. The molecule has 6 N–H and O–H groups in total. The van der Waals surface area contributed by atoms with Crippen molar-refractivity contribution in [3.63, 3.8) is 0 Å². The van der Waals surface area contributed by atoms with Crippen LogP contribution in [0.25, 0.3) is 0 Å². The smallest absolute Gasteiger partial charge is 0.220 e. The number of carbonyl (C=O) groups is 1. The number of carbonyl (C=O) groups excluding carboxylic acids is 1. The average molecular weight is 752 g/mol. The highest BCUT2D eigenvalue weighted by molar-refractivity contribution is 5.76. The lowest BCUT2D eigenvalue weighted by molar-refractivity contribution is -0.302. The fourth-order valence-corrected chi connectivity index (χ4v) is 6.64. The van der Waals surface area contributed by atoms with E-state index < -0.39 is 49.5 Å². The van der Waals surface area contributed by atoms with E-state index in [1.807, 2.05) is 6.08 Å². The molecular formula is C44H81NO8. The van der Waals surface area contributed by atoms with Gasteiger partial charge in [-0.25, -0.2) is 0 Å². The second kappa shape index (κ2) is 34.9. The molecule has 0 aromatic heterocycles. The second-order valence-corrected chi connectivity index (χ2v) is 15.1. The number of unbranched alkanes of at least 4 members (excludes halogenated alkanes) is 21. The van der Waals surface area contributed by atoms with Crippen LogP contribution < -0.4 is 5.32 Å². The molecule has 310 valence electrons. The van der Waals surface area contributed by atoms with Crippen LogP contribution in [0.2, 0.25) is 0 Å².